The summed E-state index contributed by atoms with van der Waals surface area (Å²) in [4.78, 5) is 31.9. The van der Waals surface area contributed by atoms with Crippen molar-refractivity contribution in [3.05, 3.63) is 60.1 Å². The van der Waals surface area contributed by atoms with E-state index in [4.69, 9.17) is 4.74 Å². The van der Waals surface area contributed by atoms with E-state index < -0.39 is 0 Å². The molecule has 9 heteroatoms. The van der Waals surface area contributed by atoms with Crippen LogP contribution >= 0.6 is 0 Å². The number of rotatable bonds is 6. The van der Waals surface area contributed by atoms with Crippen molar-refractivity contribution >= 4 is 17.9 Å². The SMILES string of the molecule is Cc1cc(-c2cnc([C@H](C)Nc3nccc(N4C(=O)OC[C@]4(C)C4CC4)n3)nc2)ccc1F. The monoisotopic (exact) mass is 448 g/mol. The summed E-state index contributed by atoms with van der Waals surface area (Å²) in [5.41, 5.74) is 1.85. The fourth-order valence-electron chi connectivity index (χ4n) is 4.24. The summed E-state index contributed by atoms with van der Waals surface area (Å²) in [6.45, 7) is 6.05. The third-order valence-electron chi connectivity index (χ3n) is 6.40. The number of aryl methyl sites for hydroxylation is 1. The molecule has 3 heterocycles. The lowest BCUT2D eigenvalue weighted by Crippen LogP contribution is -2.47. The number of carbonyl (C=O) groups is 1. The summed E-state index contributed by atoms with van der Waals surface area (Å²) in [6.07, 6.45) is 6.84. The number of nitrogens with zero attached hydrogens (tertiary/aromatic N) is 5. The van der Waals surface area contributed by atoms with Gasteiger partial charge in [0.05, 0.1) is 11.6 Å². The van der Waals surface area contributed by atoms with Crippen molar-refractivity contribution < 1.29 is 13.9 Å². The first-order valence-electron chi connectivity index (χ1n) is 11.0. The minimum atomic E-state index is -0.383. The van der Waals surface area contributed by atoms with E-state index in [0.717, 1.165) is 24.0 Å². The van der Waals surface area contributed by atoms with E-state index in [1.807, 2.05) is 13.8 Å². The fraction of sp³-hybridized carbons (Fsp3) is 0.375. The van der Waals surface area contributed by atoms with E-state index in [9.17, 15) is 9.18 Å². The second-order valence-electron chi connectivity index (χ2n) is 8.92. The maximum atomic E-state index is 13.5. The molecule has 1 saturated heterocycles. The van der Waals surface area contributed by atoms with Crippen molar-refractivity contribution in [2.45, 2.75) is 45.2 Å². The number of amides is 1. The van der Waals surface area contributed by atoms with Crippen LogP contribution in [-0.2, 0) is 4.74 Å². The zero-order valence-corrected chi connectivity index (χ0v) is 18.7. The molecule has 33 heavy (non-hydrogen) atoms. The molecule has 1 saturated carbocycles. The average molecular weight is 449 g/mol. The molecule has 2 fully saturated rings. The number of nitrogens with one attached hydrogen (secondary N) is 1. The van der Waals surface area contributed by atoms with Crippen LogP contribution in [0.25, 0.3) is 11.1 Å². The number of aromatic nitrogens is 4. The Bertz CT molecular complexity index is 1200. The number of halogens is 1. The quantitative estimate of drug-likeness (QED) is 0.585. The van der Waals surface area contributed by atoms with Gasteiger partial charge in [0.2, 0.25) is 5.95 Å². The number of carbonyl (C=O) groups excluding carboxylic acids is 1. The summed E-state index contributed by atoms with van der Waals surface area (Å²) in [5, 5.41) is 3.21. The summed E-state index contributed by atoms with van der Waals surface area (Å²) < 4.78 is 18.9. The van der Waals surface area contributed by atoms with Crippen molar-refractivity contribution in [3.8, 4) is 11.1 Å². The first kappa shape index (κ1) is 21.2. The Morgan fingerprint density at radius 1 is 1.18 bits per heavy atom. The highest BCUT2D eigenvalue weighted by Gasteiger charge is 2.54. The standard InChI is InChI=1S/C24H25FN6O2/c1-14-10-16(4-7-19(14)25)17-11-27-21(28-12-17)15(2)29-22-26-9-8-20(30-22)31-23(32)33-13-24(31,3)18-5-6-18/h4,7-12,15,18H,5-6,13H2,1-3H3,(H,26,29,30)/t15-,24+/m0/s1. The summed E-state index contributed by atoms with van der Waals surface area (Å²) in [6, 6.07) is 6.37. The lowest BCUT2D eigenvalue weighted by atomic mass is 9.96. The number of anilines is 2. The van der Waals surface area contributed by atoms with Gasteiger partial charge in [-0.05, 0) is 68.9 Å². The van der Waals surface area contributed by atoms with Gasteiger partial charge >= 0.3 is 6.09 Å². The van der Waals surface area contributed by atoms with Crippen LogP contribution in [0.5, 0.6) is 0 Å². The molecular weight excluding hydrogens is 423 g/mol. The van der Waals surface area contributed by atoms with Gasteiger partial charge in [0, 0.05) is 24.2 Å². The Hall–Kier alpha value is -3.62. The maximum absolute atomic E-state index is 13.5. The molecule has 5 rings (SSSR count). The van der Waals surface area contributed by atoms with Gasteiger partial charge in [-0.2, -0.15) is 4.98 Å². The molecule has 170 valence electrons. The maximum Gasteiger partial charge on any atom is 0.416 e. The normalized spacial score (nSPS) is 21.1. The minimum Gasteiger partial charge on any atom is -0.447 e. The first-order chi connectivity index (χ1) is 15.8. The summed E-state index contributed by atoms with van der Waals surface area (Å²) in [7, 11) is 0. The van der Waals surface area contributed by atoms with Crippen LogP contribution in [0.2, 0.25) is 0 Å². The molecule has 2 aliphatic rings. The van der Waals surface area contributed by atoms with Gasteiger partial charge < -0.3 is 10.1 Å². The highest BCUT2D eigenvalue weighted by Crippen LogP contribution is 2.47. The molecule has 0 unspecified atom stereocenters. The Labute approximate surface area is 191 Å². The number of benzene rings is 1. The van der Waals surface area contributed by atoms with Crippen LogP contribution in [-0.4, -0.2) is 38.2 Å². The van der Waals surface area contributed by atoms with Gasteiger partial charge in [0.25, 0.3) is 0 Å². The molecule has 2 atom stereocenters. The van der Waals surface area contributed by atoms with Crippen LogP contribution in [0, 0.1) is 18.7 Å². The molecule has 1 N–H and O–H groups in total. The van der Waals surface area contributed by atoms with Gasteiger partial charge in [0.1, 0.15) is 24.1 Å². The number of ether oxygens (including phenoxy) is 1. The second kappa shape index (κ2) is 8.06. The largest absolute Gasteiger partial charge is 0.447 e. The van der Waals surface area contributed by atoms with Crippen LogP contribution in [0.3, 0.4) is 0 Å². The van der Waals surface area contributed by atoms with E-state index in [1.54, 1.807) is 48.6 Å². The highest BCUT2D eigenvalue weighted by atomic mass is 19.1. The van der Waals surface area contributed by atoms with Crippen LogP contribution in [0.1, 0.15) is 44.1 Å². The van der Waals surface area contributed by atoms with E-state index in [0.29, 0.717) is 35.7 Å². The molecular formula is C24H25FN6O2. The number of hydrogen-bond acceptors (Lipinski definition) is 7. The van der Waals surface area contributed by atoms with E-state index in [1.165, 1.54) is 6.07 Å². The van der Waals surface area contributed by atoms with Gasteiger partial charge in [-0.15, -0.1) is 0 Å². The molecule has 3 aromatic rings. The lowest BCUT2D eigenvalue weighted by molar-refractivity contribution is 0.172. The van der Waals surface area contributed by atoms with Gasteiger partial charge in [-0.3, -0.25) is 4.90 Å². The topological polar surface area (TPSA) is 93.1 Å². The molecule has 0 radical (unpaired) electrons. The summed E-state index contributed by atoms with van der Waals surface area (Å²) in [5.74, 6) is 1.64. The Morgan fingerprint density at radius 2 is 1.94 bits per heavy atom. The van der Waals surface area contributed by atoms with E-state index in [2.05, 4.69) is 25.3 Å². The molecule has 2 aromatic heterocycles. The van der Waals surface area contributed by atoms with Crippen LogP contribution in [0.4, 0.5) is 21.0 Å². The fourth-order valence-corrected chi connectivity index (χ4v) is 4.24. The molecule has 1 aromatic carbocycles. The summed E-state index contributed by atoms with van der Waals surface area (Å²) >= 11 is 0. The second-order valence-corrected chi connectivity index (χ2v) is 8.92. The van der Waals surface area contributed by atoms with Crippen molar-refractivity contribution in [2.75, 3.05) is 16.8 Å². The van der Waals surface area contributed by atoms with Crippen molar-refractivity contribution in [3.63, 3.8) is 0 Å². The third kappa shape index (κ3) is 3.99. The smallest absolute Gasteiger partial charge is 0.416 e. The highest BCUT2D eigenvalue weighted by molar-refractivity contribution is 5.90. The molecule has 0 bridgehead atoms. The Morgan fingerprint density at radius 3 is 2.64 bits per heavy atom. The van der Waals surface area contributed by atoms with Gasteiger partial charge in [0.15, 0.2) is 0 Å². The predicted octanol–water partition coefficient (Wildman–Crippen LogP) is 4.68. The van der Waals surface area contributed by atoms with Crippen molar-refractivity contribution in [2.24, 2.45) is 5.92 Å². The lowest BCUT2D eigenvalue weighted by Gasteiger charge is -2.31. The number of cyclic esters (lactones) is 1. The van der Waals surface area contributed by atoms with E-state index >= 15 is 0 Å². The van der Waals surface area contributed by atoms with Crippen LogP contribution < -0.4 is 10.2 Å². The zero-order chi connectivity index (χ0) is 23.2. The van der Waals surface area contributed by atoms with Crippen LogP contribution in [0.15, 0.2) is 42.9 Å². The third-order valence-corrected chi connectivity index (χ3v) is 6.40. The first-order valence-corrected chi connectivity index (χ1v) is 11.0. The Kier molecular flexibility index (Phi) is 5.19. The van der Waals surface area contributed by atoms with E-state index in [-0.39, 0.29) is 23.5 Å². The molecule has 1 aliphatic heterocycles. The van der Waals surface area contributed by atoms with Crippen molar-refractivity contribution in [1.29, 1.82) is 0 Å². The Balaban J connectivity index is 1.32. The molecule has 8 nitrogen and oxygen atoms in total. The predicted molar refractivity (Wildman–Crippen MR) is 121 cm³/mol. The van der Waals surface area contributed by atoms with Crippen molar-refractivity contribution in [1.82, 2.24) is 19.9 Å². The van der Waals surface area contributed by atoms with Gasteiger partial charge in [-0.25, -0.2) is 24.1 Å². The average Bonchev–Trinajstić information content (AvgIpc) is 3.62. The van der Waals surface area contributed by atoms with Gasteiger partial charge in [-0.1, -0.05) is 6.07 Å². The molecule has 1 amide bonds. The molecule has 1 aliphatic carbocycles. The zero-order valence-electron chi connectivity index (χ0n) is 18.7. The number of hydrogen-bond donors (Lipinski definition) is 1. The molecule has 0 spiro atoms. The minimum absolute atomic E-state index is 0.240.